The molecule has 142 valence electrons. The number of nitrogens with zero attached hydrogens (tertiary/aromatic N) is 2. The maximum Gasteiger partial charge on any atom is 0.335 e. The first-order chi connectivity index (χ1) is 13.0. The second-order valence-electron chi connectivity index (χ2n) is 6.82. The Hall–Kier alpha value is -2.70. The van der Waals surface area contributed by atoms with Crippen LogP contribution in [-0.2, 0) is 4.74 Å². The van der Waals surface area contributed by atoms with Crippen molar-refractivity contribution in [2.75, 3.05) is 33.8 Å². The van der Waals surface area contributed by atoms with Crippen LogP contribution in [0.25, 0.3) is 0 Å². The Morgan fingerprint density at radius 2 is 1.85 bits per heavy atom. The fraction of sp³-hybridized carbons (Fsp3) is 0.333. The largest absolute Gasteiger partial charge is 0.478 e. The van der Waals surface area contributed by atoms with E-state index in [0.29, 0.717) is 18.7 Å². The van der Waals surface area contributed by atoms with Crippen molar-refractivity contribution in [2.45, 2.75) is 12.1 Å². The van der Waals surface area contributed by atoms with Gasteiger partial charge in [-0.25, -0.2) is 4.79 Å². The van der Waals surface area contributed by atoms with Gasteiger partial charge < -0.3 is 14.7 Å². The molecule has 2 aromatic rings. The fourth-order valence-electron chi connectivity index (χ4n) is 3.49. The predicted molar refractivity (Wildman–Crippen MR) is 102 cm³/mol. The van der Waals surface area contributed by atoms with Gasteiger partial charge in [-0.05, 0) is 30.8 Å². The number of hydrogen-bond donors (Lipinski definition) is 1. The molecule has 0 unspecified atom stereocenters. The number of ether oxygens (including phenoxy) is 1. The summed E-state index contributed by atoms with van der Waals surface area (Å²) < 4.78 is 6.00. The van der Waals surface area contributed by atoms with Crippen LogP contribution >= 0.6 is 0 Å². The van der Waals surface area contributed by atoms with Crippen LogP contribution in [0.1, 0.15) is 32.3 Å². The summed E-state index contributed by atoms with van der Waals surface area (Å²) in [6.07, 6.45) is -0.164. The molecule has 0 aromatic heterocycles. The zero-order valence-electron chi connectivity index (χ0n) is 15.5. The molecule has 6 nitrogen and oxygen atoms in total. The van der Waals surface area contributed by atoms with E-state index in [1.54, 1.807) is 24.1 Å². The molecular formula is C21H24N2O4. The molecule has 27 heavy (non-hydrogen) atoms. The maximum absolute atomic E-state index is 12.8. The lowest BCUT2D eigenvalue weighted by Crippen LogP contribution is -2.48. The van der Waals surface area contributed by atoms with E-state index in [1.807, 2.05) is 18.2 Å². The summed E-state index contributed by atoms with van der Waals surface area (Å²) in [5, 5.41) is 9.13. The molecule has 1 amide bonds. The quantitative estimate of drug-likeness (QED) is 0.878. The van der Waals surface area contributed by atoms with Crippen molar-refractivity contribution >= 4 is 11.9 Å². The van der Waals surface area contributed by atoms with Crippen molar-refractivity contribution in [1.29, 1.82) is 0 Å². The predicted octanol–water partition coefficient (Wildman–Crippen LogP) is 2.53. The molecular weight excluding hydrogens is 344 g/mol. The Morgan fingerprint density at radius 1 is 1.15 bits per heavy atom. The van der Waals surface area contributed by atoms with Crippen LogP contribution < -0.4 is 0 Å². The minimum atomic E-state index is -1.05. The van der Waals surface area contributed by atoms with Gasteiger partial charge in [0, 0.05) is 25.7 Å². The van der Waals surface area contributed by atoms with Crippen LogP contribution in [0.2, 0.25) is 0 Å². The first-order valence-electron chi connectivity index (χ1n) is 8.93. The third-order valence-electron chi connectivity index (χ3n) is 4.90. The number of benzene rings is 2. The van der Waals surface area contributed by atoms with Gasteiger partial charge >= 0.3 is 5.97 Å². The minimum Gasteiger partial charge on any atom is -0.478 e. The number of carboxylic acids is 1. The topological polar surface area (TPSA) is 70.1 Å². The van der Waals surface area contributed by atoms with Gasteiger partial charge in [-0.3, -0.25) is 9.69 Å². The molecule has 1 aliphatic heterocycles. The van der Waals surface area contributed by atoms with E-state index >= 15 is 0 Å². The summed E-state index contributed by atoms with van der Waals surface area (Å²) in [5.74, 6) is -1.27. The van der Waals surface area contributed by atoms with Crippen molar-refractivity contribution in [2.24, 2.45) is 0 Å². The normalized spacial score (nSPS) is 20.2. The molecule has 1 aliphatic rings. The van der Waals surface area contributed by atoms with Crippen LogP contribution in [0.3, 0.4) is 0 Å². The lowest BCUT2D eigenvalue weighted by Gasteiger charge is -2.40. The Labute approximate surface area is 159 Å². The maximum atomic E-state index is 12.8. The van der Waals surface area contributed by atoms with Crippen molar-refractivity contribution in [3.05, 3.63) is 71.3 Å². The van der Waals surface area contributed by atoms with Gasteiger partial charge in [-0.2, -0.15) is 0 Å². The lowest BCUT2D eigenvalue weighted by molar-refractivity contribution is -0.0707. The molecule has 1 heterocycles. The number of likely N-dealkylation sites (N-methyl/N-ethyl adjacent to an activating group) is 2. The molecule has 0 radical (unpaired) electrons. The average molecular weight is 368 g/mol. The summed E-state index contributed by atoms with van der Waals surface area (Å²) in [6, 6.07) is 16.3. The molecule has 2 atom stereocenters. The van der Waals surface area contributed by atoms with Crippen LogP contribution in [0.15, 0.2) is 54.6 Å². The molecule has 0 spiro atoms. The molecule has 6 heteroatoms. The van der Waals surface area contributed by atoms with Gasteiger partial charge in [-0.15, -0.1) is 0 Å². The number of hydrogen-bond acceptors (Lipinski definition) is 4. The van der Waals surface area contributed by atoms with E-state index in [9.17, 15) is 9.59 Å². The van der Waals surface area contributed by atoms with E-state index in [1.165, 1.54) is 12.1 Å². The van der Waals surface area contributed by atoms with E-state index < -0.39 is 5.97 Å². The van der Waals surface area contributed by atoms with Crippen molar-refractivity contribution in [3.8, 4) is 0 Å². The SMILES string of the molecule is CN(C[C@@H]1OCCN(C)[C@H]1c1ccccc1)C(=O)c1cccc(C(=O)O)c1. The van der Waals surface area contributed by atoms with Gasteiger partial charge in [0.15, 0.2) is 0 Å². The molecule has 2 aromatic carbocycles. The van der Waals surface area contributed by atoms with Gasteiger partial charge in [0.1, 0.15) is 0 Å². The molecule has 0 aliphatic carbocycles. The van der Waals surface area contributed by atoms with Crippen molar-refractivity contribution < 1.29 is 19.4 Å². The molecule has 1 N–H and O–H groups in total. The standard InChI is InChI=1S/C21H24N2O4/c1-22-11-12-27-18(19(22)15-7-4-3-5-8-15)14-23(2)20(24)16-9-6-10-17(13-16)21(25)26/h3-10,13,18-19H,11-12,14H2,1-2H3,(H,25,26)/t18-,19-/m0/s1. The number of aromatic carboxylic acids is 1. The average Bonchev–Trinajstić information content (AvgIpc) is 2.68. The molecule has 0 saturated carbocycles. The Bertz CT molecular complexity index is 809. The number of amides is 1. The smallest absolute Gasteiger partial charge is 0.335 e. The van der Waals surface area contributed by atoms with E-state index in [0.717, 1.165) is 12.1 Å². The highest BCUT2D eigenvalue weighted by atomic mass is 16.5. The fourth-order valence-corrected chi connectivity index (χ4v) is 3.49. The van der Waals surface area contributed by atoms with E-state index in [2.05, 4.69) is 24.1 Å². The third kappa shape index (κ3) is 4.35. The first-order valence-corrected chi connectivity index (χ1v) is 8.93. The zero-order valence-corrected chi connectivity index (χ0v) is 15.5. The summed E-state index contributed by atoms with van der Waals surface area (Å²) in [7, 11) is 3.78. The van der Waals surface area contributed by atoms with Crippen LogP contribution in [0.5, 0.6) is 0 Å². The van der Waals surface area contributed by atoms with E-state index in [-0.39, 0.29) is 23.6 Å². The lowest BCUT2D eigenvalue weighted by atomic mass is 9.98. The highest BCUT2D eigenvalue weighted by Crippen LogP contribution is 2.29. The van der Waals surface area contributed by atoms with Gasteiger partial charge in [0.2, 0.25) is 0 Å². The second kappa shape index (κ2) is 8.33. The summed E-state index contributed by atoms with van der Waals surface area (Å²) in [5.41, 5.74) is 1.61. The van der Waals surface area contributed by atoms with Crippen LogP contribution in [-0.4, -0.2) is 66.7 Å². The first kappa shape index (κ1) is 19.1. The summed E-state index contributed by atoms with van der Waals surface area (Å²) in [6.45, 7) is 1.86. The van der Waals surface area contributed by atoms with Crippen LogP contribution in [0.4, 0.5) is 0 Å². The summed E-state index contributed by atoms with van der Waals surface area (Å²) in [4.78, 5) is 27.8. The third-order valence-corrected chi connectivity index (χ3v) is 4.90. The summed E-state index contributed by atoms with van der Waals surface area (Å²) >= 11 is 0. The highest BCUT2D eigenvalue weighted by Gasteiger charge is 2.33. The second-order valence-corrected chi connectivity index (χ2v) is 6.82. The highest BCUT2D eigenvalue weighted by molar-refractivity contribution is 5.97. The molecule has 0 bridgehead atoms. The van der Waals surface area contributed by atoms with Gasteiger partial charge in [0.05, 0.1) is 24.3 Å². The number of rotatable bonds is 5. The van der Waals surface area contributed by atoms with E-state index in [4.69, 9.17) is 9.84 Å². The van der Waals surface area contributed by atoms with Gasteiger partial charge in [0.25, 0.3) is 5.91 Å². The van der Waals surface area contributed by atoms with Gasteiger partial charge in [-0.1, -0.05) is 36.4 Å². The minimum absolute atomic E-state index is 0.0561. The number of carbonyl (C=O) groups excluding carboxylic acids is 1. The number of morpholine rings is 1. The Morgan fingerprint density at radius 3 is 2.56 bits per heavy atom. The van der Waals surface area contributed by atoms with Crippen molar-refractivity contribution in [3.63, 3.8) is 0 Å². The number of carbonyl (C=O) groups is 2. The van der Waals surface area contributed by atoms with Crippen molar-refractivity contribution in [1.82, 2.24) is 9.80 Å². The Balaban J connectivity index is 1.77. The molecule has 1 saturated heterocycles. The Kier molecular flexibility index (Phi) is 5.88. The molecule has 3 rings (SSSR count). The monoisotopic (exact) mass is 368 g/mol. The molecule has 1 fully saturated rings. The number of carboxylic acid groups (broad SMARTS) is 1. The van der Waals surface area contributed by atoms with Crippen LogP contribution in [0, 0.1) is 0 Å². The zero-order chi connectivity index (χ0) is 19.4.